The number of fused-ring (bicyclic) bond motifs is 2. The molecule has 3 saturated heterocycles. The van der Waals surface area contributed by atoms with E-state index in [4.69, 9.17) is 0 Å². The van der Waals surface area contributed by atoms with E-state index in [1.807, 2.05) is 57.8 Å². The summed E-state index contributed by atoms with van der Waals surface area (Å²) in [5, 5.41) is 3.40. The maximum atomic E-state index is 11.5. The zero-order chi connectivity index (χ0) is 36.8. The average molecular weight is 698 g/mol. The highest BCUT2D eigenvalue weighted by molar-refractivity contribution is 5.77. The van der Waals surface area contributed by atoms with E-state index in [0.717, 1.165) is 56.6 Å². The van der Waals surface area contributed by atoms with Crippen molar-refractivity contribution in [3.63, 3.8) is 0 Å². The summed E-state index contributed by atoms with van der Waals surface area (Å²) in [4.78, 5) is 28.9. The van der Waals surface area contributed by atoms with Crippen LogP contribution in [0.25, 0.3) is 22.1 Å². The maximum Gasteiger partial charge on any atom is 0.219 e. The number of nitrogens with zero attached hydrogens (tertiary/aromatic N) is 8. The number of likely N-dealkylation sites (N-methyl/N-ethyl adjacent to an activating group) is 1. The summed E-state index contributed by atoms with van der Waals surface area (Å²) >= 11 is 0. The van der Waals surface area contributed by atoms with Crippen LogP contribution in [0.5, 0.6) is 0 Å². The fraction of sp³-hybridized carbons (Fsp3) is 0.561. The van der Waals surface area contributed by atoms with E-state index in [0.29, 0.717) is 18.1 Å². The Hall–Kier alpha value is -4.02. The number of aromatic nitrogens is 6. The first-order valence-electron chi connectivity index (χ1n) is 19.3. The Morgan fingerprint density at radius 3 is 1.84 bits per heavy atom. The molecule has 2 unspecified atom stereocenters. The Kier molecular flexibility index (Phi) is 15.7. The summed E-state index contributed by atoms with van der Waals surface area (Å²) < 4.78 is 6.80. The molecular formula is C41H63N9O. The Morgan fingerprint density at radius 1 is 0.725 bits per heavy atom. The Balaban J connectivity index is 0.000000167. The molecule has 5 aromatic rings. The van der Waals surface area contributed by atoms with Gasteiger partial charge in [-0.3, -0.25) is 4.79 Å². The van der Waals surface area contributed by atoms with Crippen LogP contribution in [0.4, 0.5) is 0 Å². The lowest BCUT2D eigenvalue weighted by Gasteiger charge is -2.33. The van der Waals surface area contributed by atoms with Crippen molar-refractivity contribution in [3.8, 4) is 0 Å². The molecule has 51 heavy (non-hydrogen) atoms. The molecule has 0 saturated carbocycles. The fourth-order valence-corrected chi connectivity index (χ4v) is 7.27. The number of aryl methyl sites for hydroxylation is 2. The number of likely N-dealkylation sites (tertiary alicyclic amines) is 2. The molecule has 6 heterocycles. The summed E-state index contributed by atoms with van der Waals surface area (Å²) in [5.41, 5.74) is 7.16. The van der Waals surface area contributed by atoms with Crippen molar-refractivity contribution < 1.29 is 4.79 Å². The summed E-state index contributed by atoms with van der Waals surface area (Å²) in [6.07, 6.45) is 16.9. The number of piperidine rings is 3. The third-order valence-electron chi connectivity index (χ3n) is 9.94. The highest BCUT2D eigenvalue weighted by Crippen LogP contribution is 2.27. The van der Waals surface area contributed by atoms with Gasteiger partial charge in [-0.1, -0.05) is 39.8 Å². The number of hydrogen-bond acceptors (Lipinski definition) is 6. The lowest BCUT2D eigenvalue weighted by Crippen LogP contribution is -2.39. The standard InChI is InChI=1S/C15H19N3O.C13H17N3.C9H15N3.2C2H6/c1-11-5-6-14-15(8-11)18(10-16-14)13-4-3-7-17(9-13)12(2)19;1-10-2-3-12-13(8-10)16(9-15-12)11-4-6-14-7-5-11;1-11-5-2-3-9(7-11)12-6-4-10-8-12;2*1-2/h5-6,8,10,13H,3-4,7,9H2,1-2H3;2-3,8-9,11,14H,4-7H2,1H3;4,6,8-9H,2-3,5,7H2,1H3;2*1-2H3. The molecule has 2 aromatic carbocycles. The van der Waals surface area contributed by atoms with Gasteiger partial charge in [-0.2, -0.15) is 0 Å². The summed E-state index contributed by atoms with van der Waals surface area (Å²) in [7, 11) is 2.18. The molecule has 278 valence electrons. The van der Waals surface area contributed by atoms with Gasteiger partial charge in [0.25, 0.3) is 0 Å². The minimum absolute atomic E-state index is 0.172. The summed E-state index contributed by atoms with van der Waals surface area (Å²) in [6, 6.07) is 14.4. The van der Waals surface area contributed by atoms with E-state index < -0.39 is 0 Å². The molecule has 8 rings (SSSR count). The zero-order valence-corrected chi connectivity index (χ0v) is 32.6. The summed E-state index contributed by atoms with van der Waals surface area (Å²) in [6.45, 7) is 20.2. The van der Waals surface area contributed by atoms with Gasteiger partial charge in [0.15, 0.2) is 0 Å². The predicted molar refractivity (Wildman–Crippen MR) is 211 cm³/mol. The fourth-order valence-electron chi connectivity index (χ4n) is 7.27. The van der Waals surface area contributed by atoms with Gasteiger partial charge >= 0.3 is 0 Å². The van der Waals surface area contributed by atoms with Crippen molar-refractivity contribution in [2.24, 2.45) is 0 Å². The number of carbonyl (C=O) groups excluding carboxylic acids is 1. The minimum atomic E-state index is 0.172. The number of imidazole rings is 3. The monoisotopic (exact) mass is 698 g/mol. The molecule has 3 aliphatic rings. The molecule has 3 aromatic heterocycles. The van der Waals surface area contributed by atoms with Crippen LogP contribution in [-0.4, -0.2) is 90.7 Å². The molecule has 10 heteroatoms. The number of nitrogens with one attached hydrogen (secondary N) is 1. The number of rotatable bonds is 3. The summed E-state index contributed by atoms with van der Waals surface area (Å²) in [5.74, 6) is 0.172. The van der Waals surface area contributed by atoms with E-state index in [2.05, 4.69) is 102 Å². The highest BCUT2D eigenvalue weighted by atomic mass is 16.2. The molecule has 10 nitrogen and oxygen atoms in total. The zero-order valence-electron chi connectivity index (χ0n) is 32.6. The second-order valence-corrected chi connectivity index (χ2v) is 13.6. The minimum Gasteiger partial charge on any atom is -0.341 e. The SMILES string of the molecule is CC.CC.CC(=O)N1CCCC(n2cnc3ccc(C)cc32)C1.CN1CCCC(n2ccnc2)C1.Cc1ccc2ncn(C3CCNCC3)c2c1. The van der Waals surface area contributed by atoms with Gasteiger partial charge in [0.2, 0.25) is 5.91 Å². The van der Waals surface area contributed by atoms with E-state index >= 15 is 0 Å². The lowest BCUT2D eigenvalue weighted by atomic mass is 10.1. The Morgan fingerprint density at radius 2 is 1.29 bits per heavy atom. The first-order chi connectivity index (χ1) is 24.9. The number of carbonyl (C=O) groups is 1. The molecule has 0 bridgehead atoms. The molecule has 0 radical (unpaired) electrons. The number of hydrogen-bond donors (Lipinski definition) is 1. The van der Waals surface area contributed by atoms with Crippen molar-refractivity contribution in [1.82, 2.24) is 43.8 Å². The molecule has 2 atom stereocenters. The third-order valence-corrected chi connectivity index (χ3v) is 9.94. The molecular weight excluding hydrogens is 635 g/mol. The van der Waals surface area contributed by atoms with Gasteiger partial charge in [-0.05, 0) is 114 Å². The number of amides is 1. The van der Waals surface area contributed by atoms with Crippen LogP contribution in [0.2, 0.25) is 0 Å². The van der Waals surface area contributed by atoms with E-state index in [-0.39, 0.29) is 5.91 Å². The van der Waals surface area contributed by atoms with Crippen LogP contribution in [-0.2, 0) is 4.79 Å². The van der Waals surface area contributed by atoms with Crippen molar-refractivity contribution in [2.45, 2.75) is 105 Å². The van der Waals surface area contributed by atoms with Crippen LogP contribution < -0.4 is 5.32 Å². The van der Waals surface area contributed by atoms with Gasteiger partial charge in [-0.15, -0.1) is 0 Å². The van der Waals surface area contributed by atoms with Crippen molar-refractivity contribution in [1.29, 1.82) is 0 Å². The van der Waals surface area contributed by atoms with Gasteiger partial charge in [0, 0.05) is 51.0 Å². The van der Waals surface area contributed by atoms with Crippen LogP contribution in [0, 0.1) is 13.8 Å². The van der Waals surface area contributed by atoms with Gasteiger partial charge < -0.3 is 28.8 Å². The molecule has 3 fully saturated rings. The van der Waals surface area contributed by atoms with Gasteiger partial charge in [0.05, 0.1) is 47.1 Å². The van der Waals surface area contributed by atoms with Crippen LogP contribution in [0.15, 0.2) is 67.8 Å². The lowest BCUT2D eigenvalue weighted by molar-refractivity contribution is -0.130. The van der Waals surface area contributed by atoms with Crippen LogP contribution in [0.3, 0.4) is 0 Å². The van der Waals surface area contributed by atoms with Crippen molar-refractivity contribution in [2.75, 3.05) is 46.3 Å². The quantitative estimate of drug-likeness (QED) is 0.206. The maximum absolute atomic E-state index is 11.5. The van der Waals surface area contributed by atoms with Crippen LogP contribution >= 0.6 is 0 Å². The van der Waals surface area contributed by atoms with Crippen molar-refractivity contribution in [3.05, 3.63) is 78.9 Å². The Bertz CT molecular complexity index is 1730. The molecule has 0 aliphatic carbocycles. The normalized spacial score (nSPS) is 19.4. The second-order valence-electron chi connectivity index (χ2n) is 13.6. The smallest absolute Gasteiger partial charge is 0.219 e. The number of benzene rings is 2. The van der Waals surface area contributed by atoms with E-state index in [1.165, 1.54) is 54.4 Å². The first kappa shape index (κ1) is 39.8. The van der Waals surface area contributed by atoms with E-state index in [1.54, 1.807) is 6.92 Å². The van der Waals surface area contributed by atoms with Gasteiger partial charge in [-0.25, -0.2) is 15.0 Å². The first-order valence-corrected chi connectivity index (χ1v) is 19.3. The van der Waals surface area contributed by atoms with E-state index in [9.17, 15) is 4.79 Å². The topological polar surface area (TPSA) is 89.0 Å². The predicted octanol–water partition coefficient (Wildman–Crippen LogP) is 8.00. The molecule has 0 spiro atoms. The Labute approximate surface area is 306 Å². The van der Waals surface area contributed by atoms with Crippen molar-refractivity contribution >= 4 is 28.0 Å². The molecule has 3 aliphatic heterocycles. The van der Waals surface area contributed by atoms with Crippen LogP contribution in [0.1, 0.15) is 102 Å². The molecule has 1 N–H and O–H groups in total. The molecule has 1 amide bonds. The average Bonchev–Trinajstić information content (AvgIpc) is 3.95. The van der Waals surface area contributed by atoms with Gasteiger partial charge in [0.1, 0.15) is 0 Å². The third kappa shape index (κ3) is 10.7. The second kappa shape index (κ2) is 20.1. The highest BCUT2D eigenvalue weighted by Gasteiger charge is 2.24. The largest absolute Gasteiger partial charge is 0.341 e.